The third kappa shape index (κ3) is 6.22. The number of amides is 1. The number of hydrogen-bond acceptors (Lipinski definition) is 9. The lowest BCUT2D eigenvalue weighted by atomic mass is 10.0. The van der Waals surface area contributed by atoms with Crippen molar-refractivity contribution in [3.05, 3.63) is 46.0 Å². The summed E-state index contributed by atoms with van der Waals surface area (Å²) in [5, 5.41) is 16.8. The van der Waals surface area contributed by atoms with Crippen LogP contribution in [0.3, 0.4) is 0 Å². The van der Waals surface area contributed by atoms with Crippen LogP contribution in [0.5, 0.6) is 0 Å². The Balaban J connectivity index is 1.32. The van der Waals surface area contributed by atoms with E-state index in [-0.39, 0.29) is 25.2 Å². The Bertz CT molecular complexity index is 1210. The molecule has 0 radical (unpaired) electrons. The van der Waals surface area contributed by atoms with Crippen LogP contribution in [-0.2, 0) is 20.4 Å². The number of nitrogens with one attached hydrogen (secondary N) is 2. The van der Waals surface area contributed by atoms with E-state index in [1.165, 1.54) is 13.3 Å². The summed E-state index contributed by atoms with van der Waals surface area (Å²) < 4.78 is 51.1. The van der Waals surface area contributed by atoms with Crippen molar-refractivity contribution in [2.45, 2.75) is 43.6 Å². The van der Waals surface area contributed by atoms with Gasteiger partial charge in [0.05, 0.1) is 36.7 Å². The number of rotatable bonds is 9. The molecule has 2 saturated heterocycles. The fraction of sp³-hybridized carbons (Fsp3) is 0.542. The zero-order valence-corrected chi connectivity index (χ0v) is 20.7. The lowest BCUT2D eigenvalue weighted by molar-refractivity contribution is -0.139. The number of ether oxygens (including phenoxy) is 2. The van der Waals surface area contributed by atoms with Crippen molar-refractivity contribution >= 4 is 17.4 Å². The minimum Gasteiger partial charge on any atom is -0.382 e. The number of aromatic amines is 1. The van der Waals surface area contributed by atoms with Crippen LogP contribution in [0.25, 0.3) is 0 Å². The smallest absolute Gasteiger partial charge is 0.382 e. The third-order valence-corrected chi connectivity index (χ3v) is 6.66. The van der Waals surface area contributed by atoms with Crippen molar-refractivity contribution in [3.63, 3.8) is 0 Å². The van der Waals surface area contributed by atoms with Crippen LogP contribution in [0.15, 0.2) is 29.3 Å². The number of piperidine rings is 1. The van der Waals surface area contributed by atoms with Crippen molar-refractivity contribution < 1.29 is 27.4 Å². The molecule has 14 heteroatoms. The van der Waals surface area contributed by atoms with Gasteiger partial charge in [0.1, 0.15) is 23.6 Å². The van der Waals surface area contributed by atoms with Crippen molar-refractivity contribution in [2.24, 2.45) is 0 Å². The number of H-pyrrole nitrogens is 1. The lowest BCUT2D eigenvalue weighted by Gasteiger charge is -2.37. The molecule has 1 unspecified atom stereocenters. The van der Waals surface area contributed by atoms with Gasteiger partial charge >= 0.3 is 6.18 Å². The molecule has 11 nitrogen and oxygen atoms in total. The number of carbonyl (C=O) groups is 1. The Morgan fingerprint density at radius 3 is 2.58 bits per heavy atom. The van der Waals surface area contributed by atoms with Crippen molar-refractivity contribution in [3.8, 4) is 6.07 Å². The average Bonchev–Trinajstić information content (AvgIpc) is 3.27. The van der Waals surface area contributed by atoms with E-state index >= 15 is 0 Å². The summed E-state index contributed by atoms with van der Waals surface area (Å²) in [6, 6.07) is 4.88. The van der Waals surface area contributed by atoms with E-state index in [9.17, 15) is 22.8 Å². The largest absolute Gasteiger partial charge is 0.423 e. The Morgan fingerprint density at radius 1 is 1.18 bits per heavy atom. The fourth-order valence-corrected chi connectivity index (χ4v) is 4.81. The van der Waals surface area contributed by atoms with Crippen LogP contribution in [0.4, 0.5) is 24.7 Å². The highest BCUT2D eigenvalue weighted by Gasteiger charge is 2.39. The van der Waals surface area contributed by atoms with Crippen LogP contribution >= 0.6 is 0 Å². The van der Waals surface area contributed by atoms with E-state index in [1.54, 1.807) is 11.2 Å². The first kappa shape index (κ1) is 27.3. The van der Waals surface area contributed by atoms with Crippen molar-refractivity contribution in [1.29, 1.82) is 5.26 Å². The van der Waals surface area contributed by atoms with Crippen LogP contribution < -0.4 is 15.8 Å². The van der Waals surface area contributed by atoms with Crippen LogP contribution in [0, 0.1) is 11.3 Å². The number of hydrogen-bond donors (Lipinski definition) is 2. The summed E-state index contributed by atoms with van der Waals surface area (Å²) in [4.78, 5) is 33.1. The van der Waals surface area contributed by atoms with E-state index < -0.39 is 35.1 Å². The molecule has 0 bridgehead atoms. The first-order valence-electron chi connectivity index (χ1n) is 12.1. The number of alkyl halides is 3. The molecule has 0 aliphatic carbocycles. The highest BCUT2D eigenvalue weighted by molar-refractivity contribution is 5.83. The number of aromatic nitrogens is 3. The minimum absolute atomic E-state index is 0.0173. The highest BCUT2D eigenvalue weighted by Crippen LogP contribution is 2.32. The normalized spacial score (nSPS) is 19.4. The molecular formula is C24H28F3N7O4. The molecule has 2 N–H and O–H groups in total. The number of likely N-dealkylation sites (tertiary alicyclic amines) is 1. The van der Waals surface area contributed by atoms with Gasteiger partial charge in [-0.25, -0.2) is 10.1 Å². The summed E-state index contributed by atoms with van der Waals surface area (Å²) in [7, 11) is 1.39. The molecule has 204 valence electrons. The second-order valence-electron chi connectivity index (χ2n) is 9.16. The Labute approximate surface area is 216 Å². The molecule has 2 aromatic heterocycles. The van der Waals surface area contributed by atoms with Crippen LogP contribution in [0.2, 0.25) is 0 Å². The second kappa shape index (κ2) is 11.8. The molecule has 38 heavy (non-hydrogen) atoms. The molecule has 2 aliphatic rings. The quantitative estimate of drug-likeness (QED) is 0.492. The van der Waals surface area contributed by atoms with Gasteiger partial charge in [-0.3, -0.25) is 9.59 Å². The number of nitrogens with zero attached hydrogens (tertiary/aromatic N) is 5. The van der Waals surface area contributed by atoms with Gasteiger partial charge in [-0.2, -0.15) is 23.5 Å². The van der Waals surface area contributed by atoms with Crippen LogP contribution in [-0.4, -0.2) is 84.1 Å². The summed E-state index contributed by atoms with van der Waals surface area (Å²) in [6.45, 7) is 1.83. The lowest BCUT2D eigenvalue weighted by Crippen LogP contribution is -2.47. The predicted octanol–water partition coefficient (Wildman–Crippen LogP) is 1.77. The SMILES string of the molecule is COCC(CO[C@@H]1CCN(C2CCN(c3ccc(C#N)cn3)CC2)C1=O)Nc1cn[nH]c(=O)c1C(F)(F)F. The van der Waals surface area contributed by atoms with E-state index in [4.69, 9.17) is 14.7 Å². The summed E-state index contributed by atoms with van der Waals surface area (Å²) in [6.07, 6.45) is -1.20. The highest BCUT2D eigenvalue weighted by atomic mass is 19.4. The molecule has 4 rings (SSSR count). The molecule has 4 heterocycles. The van der Waals surface area contributed by atoms with E-state index in [1.807, 2.05) is 17.0 Å². The number of methoxy groups -OCH3 is 1. The van der Waals surface area contributed by atoms with Crippen molar-refractivity contribution in [2.75, 3.05) is 50.2 Å². The number of halogens is 3. The van der Waals surface area contributed by atoms with Gasteiger partial charge < -0.3 is 24.6 Å². The molecule has 0 aromatic carbocycles. The summed E-state index contributed by atoms with van der Waals surface area (Å²) in [5.74, 6) is 0.641. The number of pyridine rings is 1. The average molecular weight is 536 g/mol. The molecule has 2 aromatic rings. The maximum atomic E-state index is 13.4. The Kier molecular flexibility index (Phi) is 8.48. The van der Waals surface area contributed by atoms with Gasteiger partial charge in [0.25, 0.3) is 11.5 Å². The topological polar surface area (TPSA) is 136 Å². The Morgan fingerprint density at radius 2 is 1.95 bits per heavy atom. The Hall–Kier alpha value is -3.70. The van der Waals surface area contributed by atoms with Gasteiger partial charge in [0.2, 0.25) is 0 Å². The summed E-state index contributed by atoms with van der Waals surface area (Å²) >= 11 is 0. The zero-order valence-electron chi connectivity index (χ0n) is 20.7. The first-order chi connectivity index (χ1) is 18.2. The molecule has 2 atom stereocenters. The van der Waals surface area contributed by atoms with E-state index in [0.29, 0.717) is 31.6 Å². The maximum Gasteiger partial charge on any atom is 0.423 e. The first-order valence-corrected chi connectivity index (χ1v) is 12.1. The molecule has 2 fully saturated rings. The molecule has 1 amide bonds. The monoisotopic (exact) mass is 535 g/mol. The molecule has 0 spiro atoms. The second-order valence-corrected chi connectivity index (χ2v) is 9.16. The van der Waals surface area contributed by atoms with Gasteiger partial charge in [-0.05, 0) is 25.0 Å². The third-order valence-electron chi connectivity index (χ3n) is 6.66. The van der Waals surface area contributed by atoms with Gasteiger partial charge in [-0.15, -0.1) is 0 Å². The minimum atomic E-state index is -4.88. The number of carbonyl (C=O) groups excluding carboxylic acids is 1. The number of anilines is 2. The standard InChI is InChI=1S/C24H28F3N7O4/c1-37-13-16(31-18-12-30-32-22(35)21(18)24(25,26)27)14-38-19-6-9-34(23(19)36)17-4-7-33(8-5-17)20-3-2-15(10-28)11-29-20/h2-3,11-12,16-17,19H,4-9,13-14H2,1H3,(H2,31,32,35)/t16?,19-/m1/s1. The maximum absolute atomic E-state index is 13.4. The number of nitriles is 1. The summed E-state index contributed by atoms with van der Waals surface area (Å²) in [5.41, 5.74) is -2.74. The van der Waals surface area contributed by atoms with Crippen molar-refractivity contribution in [1.82, 2.24) is 20.1 Å². The molecule has 2 aliphatic heterocycles. The van der Waals surface area contributed by atoms with Gasteiger partial charge in [-0.1, -0.05) is 0 Å². The zero-order chi connectivity index (χ0) is 27.3. The van der Waals surface area contributed by atoms with Gasteiger partial charge in [0.15, 0.2) is 0 Å². The van der Waals surface area contributed by atoms with Gasteiger partial charge in [0, 0.05) is 45.4 Å². The van der Waals surface area contributed by atoms with E-state index in [0.717, 1.165) is 24.9 Å². The molecule has 0 saturated carbocycles. The van der Waals surface area contributed by atoms with E-state index in [2.05, 4.69) is 20.3 Å². The fourth-order valence-electron chi connectivity index (χ4n) is 4.81. The predicted molar refractivity (Wildman–Crippen MR) is 129 cm³/mol. The molecular weight excluding hydrogens is 507 g/mol. The van der Waals surface area contributed by atoms with Crippen LogP contribution in [0.1, 0.15) is 30.4 Å².